The van der Waals surface area contributed by atoms with Crippen molar-refractivity contribution in [3.8, 4) is 0 Å². The first kappa shape index (κ1) is 24.4. The monoisotopic (exact) mass is 381 g/mol. The zero-order valence-electron chi connectivity index (χ0n) is 18.7. The van der Waals surface area contributed by atoms with Gasteiger partial charge in [0.2, 0.25) is 0 Å². The normalized spacial score (nSPS) is 24.9. The van der Waals surface area contributed by atoms with Crippen molar-refractivity contribution in [1.82, 2.24) is 4.90 Å². The number of hydrogen-bond acceptors (Lipinski definition) is 4. The number of rotatable bonds is 10. The fraction of sp³-hybridized carbons (Fsp3) is 0.826. The van der Waals surface area contributed by atoms with E-state index >= 15 is 0 Å². The second-order valence-electron chi connectivity index (χ2n) is 8.14. The van der Waals surface area contributed by atoms with Gasteiger partial charge in [-0.25, -0.2) is 0 Å². The van der Waals surface area contributed by atoms with Crippen molar-refractivity contribution in [2.75, 3.05) is 40.0 Å². The van der Waals surface area contributed by atoms with E-state index in [9.17, 15) is 0 Å². The lowest BCUT2D eigenvalue weighted by molar-refractivity contribution is -0.173. The van der Waals surface area contributed by atoms with Gasteiger partial charge in [0.15, 0.2) is 5.79 Å². The summed E-state index contributed by atoms with van der Waals surface area (Å²) in [6.45, 7) is 19.0. The number of ether oxygens (including phenoxy) is 3. The molecule has 4 heteroatoms. The molecule has 0 bridgehead atoms. The van der Waals surface area contributed by atoms with Gasteiger partial charge >= 0.3 is 0 Å². The molecule has 1 fully saturated rings. The first-order valence-corrected chi connectivity index (χ1v) is 10.8. The summed E-state index contributed by atoms with van der Waals surface area (Å²) in [4.78, 5) is 2.39. The molecule has 1 heterocycles. The maximum atomic E-state index is 6.36. The molecular formula is C23H43NO3. The van der Waals surface area contributed by atoms with E-state index in [4.69, 9.17) is 14.2 Å². The van der Waals surface area contributed by atoms with Gasteiger partial charge in [-0.3, -0.25) is 4.90 Å². The topological polar surface area (TPSA) is 30.9 Å². The van der Waals surface area contributed by atoms with Crippen molar-refractivity contribution < 1.29 is 14.2 Å². The molecule has 1 aliphatic heterocycles. The molecule has 0 radical (unpaired) electrons. The maximum absolute atomic E-state index is 6.36. The minimum Gasteiger partial charge on any atom is -0.383 e. The van der Waals surface area contributed by atoms with Crippen LogP contribution in [-0.2, 0) is 14.2 Å². The Bertz CT molecular complexity index is 461. The zero-order valence-corrected chi connectivity index (χ0v) is 18.7. The molecule has 0 saturated carbocycles. The molecule has 2 unspecified atom stereocenters. The predicted octanol–water partition coefficient (Wildman–Crippen LogP) is 5.20. The molecule has 1 saturated heterocycles. The highest BCUT2D eigenvalue weighted by molar-refractivity contribution is 5.10. The third-order valence-corrected chi connectivity index (χ3v) is 4.99. The van der Waals surface area contributed by atoms with Crippen LogP contribution in [0.25, 0.3) is 0 Å². The van der Waals surface area contributed by atoms with E-state index in [2.05, 4.69) is 38.3 Å². The lowest BCUT2D eigenvalue weighted by atomic mass is 9.89. The van der Waals surface area contributed by atoms with E-state index in [-0.39, 0.29) is 11.9 Å². The van der Waals surface area contributed by atoms with Crippen molar-refractivity contribution in [3.05, 3.63) is 23.8 Å². The Hall–Kier alpha value is -0.680. The van der Waals surface area contributed by atoms with Gasteiger partial charge in [0.25, 0.3) is 0 Å². The van der Waals surface area contributed by atoms with Gasteiger partial charge in [-0.1, -0.05) is 51.5 Å². The van der Waals surface area contributed by atoms with Crippen molar-refractivity contribution in [3.63, 3.8) is 0 Å². The highest BCUT2D eigenvalue weighted by atomic mass is 16.7. The van der Waals surface area contributed by atoms with Gasteiger partial charge in [0.1, 0.15) is 0 Å². The summed E-state index contributed by atoms with van der Waals surface area (Å²) in [5.41, 5.74) is 2.76. The molecule has 4 nitrogen and oxygen atoms in total. The minimum atomic E-state index is -0.350. The van der Waals surface area contributed by atoms with Crippen molar-refractivity contribution in [1.29, 1.82) is 0 Å². The summed E-state index contributed by atoms with van der Waals surface area (Å²) in [6.07, 6.45) is 7.79. The Morgan fingerprint density at radius 1 is 1.37 bits per heavy atom. The molecule has 2 rings (SSSR count). The molecule has 2 atom stereocenters. The summed E-state index contributed by atoms with van der Waals surface area (Å²) in [5, 5.41) is 0. The van der Waals surface area contributed by atoms with Crippen LogP contribution in [0, 0.1) is 5.92 Å². The smallest absolute Gasteiger partial charge is 0.172 e. The first-order valence-electron chi connectivity index (χ1n) is 10.8. The molecule has 0 aromatic carbocycles. The van der Waals surface area contributed by atoms with Crippen molar-refractivity contribution in [2.45, 2.75) is 78.6 Å². The van der Waals surface area contributed by atoms with Gasteiger partial charge in [0.05, 0.1) is 19.3 Å². The Morgan fingerprint density at radius 3 is 2.67 bits per heavy atom. The molecule has 27 heavy (non-hydrogen) atoms. The van der Waals surface area contributed by atoms with Gasteiger partial charge in [0, 0.05) is 39.6 Å². The SMILES string of the molecule is C=C(C)CN(CCOC)CCC1COC2(CC=C(CC(C)C)CC2)O1.CC. The van der Waals surface area contributed by atoms with E-state index in [0.717, 1.165) is 64.4 Å². The van der Waals surface area contributed by atoms with Crippen LogP contribution in [0.4, 0.5) is 0 Å². The molecule has 0 aromatic heterocycles. The molecule has 1 spiro atoms. The summed E-state index contributed by atoms with van der Waals surface area (Å²) >= 11 is 0. The summed E-state index contributed by atoms with van der Waals surface area (Å²) in [6, 6.07) is 0. The van der Waals surface area contributed by atoms with Crippen LogP contribution >= 0.6 is 0 Å². The second-order valence-corrected chi connectivity index (χ2v) is 8.14. The number of hydrogen-bond donors (Lipinski definition) is 0. The van der Waals surface area contributed by atoms with E-state index in [1.807, 2.05) is 13.8 Å². The fourth-order valence-corrected chi connectivity index (χ4v) is 3.76. The van der Waals surface area contributed by atoms with E-state index in [1.54, 1.807) is 12.7 Å². The lowest BCUT2D eigenvalue weighted by Crippen LogP contribution is -2.34. The van der Waals surface area contributed by atoms with Crippen molar-refractivity contribution in [2.24, 2.45) is 5.92 Å². The molecule has 1 aliphatic carbocycles. The number of allylic oxidation sites excluding steroid dienone is 1. The van der Waals surface area contributed by atoms with Crippen LogP contribution in [0.5, 0.6) is 0 Å². The summed E-state index contributed by atoms with van der Waals surface area (Å²) < 4.78 is 17.7. The molecule has 2 aliphatic rings. The highest BCUT2D eigenvalue weighted by Gasteiger charge is 2.42. The van der Waals surface area contributed by atoms with Gasteiger partial charge in [-0.2, -0.15) is 0 Å². The van der Waals surface area contributed by atoms with Crippen LogP contribution in [0.3, 0.4) is 0 Å². The Labute approximate surface area is 167 Å². The van der Waals surface area contributed by atoms with Gasteiger partial charge < -0.3 is 14.2 Å². The third kappa shape index (κ3) is 8.91. The van der Waals surface area contributed by atoms with Crippen LogP contribution in [-0.4, -0.2) is 56.7 Å². The van der Waals surface area contributed by atoms with Crippen LogP contribution in [0.1, 0.15) is 66.7 Å². The fourth-order valence-electron chi connectivity index (χ4n) is 3.76. The minimum absolute atomic E-state index is 0.204. The lowest BCUT2D eigenvalue weighted by Gasteiger charge is -2.32. The Balaban J connectivity index is 0.00000176. The first-order chi connectivity index (χ1) is 12.9. The quantitative estimate of drug-likeness (QED) is 0.487. The Morgan fingerprint density at radius 2 is 2.11 bits per heavy atom. The number of methoxy groups -OCH3 is 1. The van der Waals surface area contributed by atoms with E-state index < -0.39 is 0 Å². The summed E-state index contributed by atoms with van der Waals surface area (Å²) in [7, 11) is 1.75. The average molecular weight is 382 g/mol. The van der Waals surface area contributed by atoms with Crippen LogP contribution < -0.4 is 0 Å². The van der Waals surface area contributed by atoms with Gasteiger partial charge in [-0.05, 0) is 32.1 Å². The molecule has 0 N–H and O–H groups in total. The standard InChI is InChI=1S/C21H37NO3.C2H6/c1-17(2)14-19-6-9-21(10-7-19)24-16-20(25-21)8-11-22(12-13-23-5)15-18(3)4;1-2/h6,17,20H,3,7-16H2,1-2,4-5H3;1-2H3. The van der Waals surface area contributed by atoms with E-state index in [1.165, 1.54) is 12.0 Å². The summed E-state index contributed by atoms with van der Waals surface area (Å²) in [5.74, 6) is 0.376. The molecular weight excluding hydrogens is 338 g/mol. The zero-order chi connectivity index (χ0) is 20.3. The predicted molar refractivity (Wildman–Crippen MR) is 114 cm³/mol. The van der Waals surface area contributed by atoms with Crippen molar-refractivity contribution >= 4 is 0 Å². The third-order valence-electron chi connectivity index (χ3n) is 4.99. The Kier molecular flexibility index (Phi) is 11.5. The van der Waals surface area contributed by atoms with E-state index in [0.29, 0.717) is 0 Å². The highest BCUT2D eigenvalue weighted by Crippen LogP contribution is 2.39. The van der Waals surface area contributed by atoms with Crippen LogP contribution in [0.15, 0.2) is 23.8 Å². The average Bonchev–Trinajstić information content (AvgIpc) is 3.03. The molecule has 0 amide bonds. The van der Waals surface area contributed by atoms with Crippen LogP contribution in [0.2, 0.25) is 0 Å². The second kappa shape index (κ2) is 12.7. The molecule has 0 aromatic rings. The maximum Gasteiger partial charge on any atom is 0.172 e. The van der Waals surface area contributed by atoms with Gasteiger partial charge in [-0.15, -0.1) is 0 Å². The number of nitrogens with zero attached hydrogens (tertiary/aromatic N) is 1. The largest absolute Gasteiger partial charge is 0.383 e. The molecule has 158 valence electrons.